The molecular formula is C25H19FN4O3. The highest BCUT2D eigenvalue weighted by Crippen LogP contribution is 2.84. The number of fused-ring (bicyclic) bond motifs is 3. The first-order chi connectivity index (χ1) is 16.0. The Balaban J connectivity index is 1.20. The number of anilines is 1. The van der Waals surface area contributed by atoms with Crippen LogP contribution in [-0.2, 0) is 16.6 Å². The molecule has 2 aromatic heterocycles. The number of pyridine rings is 1. The maximum absolute atomic E-state index is 14.1. The predicted octanol–water partition coefficient (Wildman–Crippen LogP) is 4.53. The highest BCUT2D eigenvalue weighted by Gasteiger charge is 2.81. The molecule has 2 aromatic carbocycles. The summed E-state index contributed by atoms with van der Waals surface area (Å²) in [6.07, 6.45) is 3.51. The fourth-order valence-electron chi connectivity index (χ4n) is 5.36. The van der Waals surface area contributed by atoms with Gasteiger partial charge in [-0.05, 0) is 55.2 Å². The van der Waals surface area contributed by atoms with Crippen molar-refractivity contribution in [1.82, 2.24) is 15.0 Å². The van der Waals surface area contributed by atoms with E-state index in [1.807, 2.05) is 12.1 Å². The number of imidazole rings is 1. The van der Waals surface area contributed by atoms with E-state index in [1.54, 1.807) is 30.5 Å². The molecule has 164 valence electrons. The van der Waals surface area contributed by atoms with Crippen molar-refractivity contribution >= 4 is 22.8 Å². The number of halogens is 1. The number of hydrogen-bond donors (Lipinski definition) is 3. The summed E-state index contributed by atoms with van der Waals surface area (Å²) in [5.41, 5.74) is 2.53. The van der Waals surface area contributed by atoms with E-state index in [9.17, 15) is 14.3 Å². The van der Waals surface area contributed by atoms with Crippen LogP contribution in [0.1, 0.15) is 35.7 Å². The molecule has 0 saturated heterocycles. The van der Waals surface area contributed by atoms with Gasteiger partial charge in [-0.2, -0.15) is 0 Å². The van der Waals surface area contributed by atoms with Crippen LogP contribution in [0.25, 0.3) is 11.0 Å². The minimum absolute atomic E-state index is 0.0530. The molecule has 2 fully saturated rings. The third-order valence-corrected chi connectivity index (χ3v) is 7.25. The number of para-hydroxylation sites is 1. The first-order valence-electron chi connectivity index (χ1n) is 11.0. The first-order valence-corrected chi connectivity index (χ1v) is 11.0. The molecule has 8 heteroatoms. The number of nitrogens with zero attached hydrogens (tertiary/aromatic N) is 2. The van der Waals surface area contributed by atoms with Gasteiger partial charge in [0.1, 0.15) is 34.4 Å². The number of carbonyl (C=O) groups is 1. The van der Waals surface area contributed by atoms with Crippen LogP contribution in [0.2, 0.25) is 0 Å². The average Bonchev–Trinajstić information content (AvgIpc) is 3.63. The highest BCUT2D eigenvalue weighted by atomic mass is 19.1. The number of carbonyl (C=O) groups excluding carboxylic acids is 1. The molecule has 3 aliphatic rings. The molecule has 0 bridgehead atoms. The fraction of sp³-hybridized carbons (Fsp3) is 0.240. The molecule has 3 N–H and O–H groups in total. The van der Waals surface area contributed by atoms with Crippen LogP contribution in [0.5, 0.6) is 17.2 Å². The fourth-order valence-corrected chi connectivity index (χ4v) is 5.36. The molecular weight excluding hydrogens is 423 g/mol. The number of amides is 1. The minimum atomic E-state index is -0.337. The lowest BCUT2D eigenvalue weighted by atomic mass is 9.95. The molecule has 3 heterocycles. The summed E-state index contributed by atoms with van der Waals surface area (Å²) in [7, 11) is 0. The summed E-state index contributed by atoms with van der Waals surface area (Å²) in [5, 5.41) is 13.4. The molecule has 0 radical (unpaired) electrons. The van der Waals surface area contributed by atoms with Crippen LogP contribution in [0, 0.1) is 11.7 Å². The number of aromatic hydroxyl groups is 1. The summed E-state index contributed by atoms with van der Waals surface area (Å²) in [5.74, 6) is 2.85. The minimum Gasteiger partial charge on any atom is -0.508 e. The molecule has 0 spiro atoms. The summed E-state index contributed by atoms with van der Waals surface area (Å²) < 4.78 is 20.3. The Morgan fingerprint density at radius 2 is 2.09 bits per heavy atom. The SMILES string of the molecule is O=C1CCc2c(Oc3ccc(O)c(C4C5CC54c4nc5c(F)cccc5[nH]4)c3)ccnc2N1. The lowest BCUT2D eigenvalue weighted by Crippen LogP contribution is -2.20. The van der Waals surface area contributed by atoms with E-state index in [2.05, 4.69) is 20.3 Å². The van der Waals surface area contributed by atoms with Crippen LogP contribution < -0.4 is 10.1 Å². The molecule has 7 rings (SSSR count). The van der Waals surface area contributed by atoms with Crippen LogP contribution in [-0.4, -0.2) is 26.0 Å². The van der Waals surface area contributed by atoms with E-state index in [-0.39, 0.29) is 28.8 Å². The molecule has 2 aliphatic carbocycles. The van der Waals surface area contributed by atoms with Crippen molar-refractivity contribution in [1.29, 1.82) is 0 Å². The Kier molecular flexibility index (Phi) is 3.56. The Morgan fingerprint density at radius 1 is 1.18 bits per heavy atom. The maximum Gasteiger partial charge on any atom is 0.225 e. The smallest absolute Gasteiger partial charge is 0.225 e. The summed E-state index contributed by atoms with van der Waals surface area (Å²) in [4.78, 5) is 23.7. The summed E-state index contributed by atoms with van der Waals surface area (Å²) >= 11 is 0. The molecule has 2 saturated carbocycles. The summed E-state index contributed by atoms with van der Waals surface area (Å²) in [6.45, 7) is 0. The van der Waals surface area contributed by atoms with Gasteiger partial charge in [-0.25, -0.2) is 14.4 Å². The standard InChI is InChI=1S/C25H19FN4O3/c26-16-2-1-3-17-22(16)30-24(28-17)25-11-15(25)21(25)14-10-12(4-6-18(14)31)33-19-8-9-27-23-13(19)5-7-20(32)29-23/h1-4,6,8-10,15,21,31H,5,7,11H2,(H,28,30)(H,27,29,32). The van der Waals surface area contributed by atoms with Gasteiger partial charge in [-0.1, -0.05) is 6.07 Å². The van der Waals surface area contributed by atoms with E-state index in [1.165, 1.54) is 6.07 Å². The molecule has 33 heavy (non-hydrogen) atoms. The number of phenolic OH excluding ortho intramolecular Hbond substituents is 1. The van der Waals surface area contributed by atoms with Crippen molar-refractivity contribution in [3.8, 4) is 17.2 Å². The van der Waals surface area contributed by atoms with Crippen LogP contribution >= 0.6 is 0 Å². The second kappa shape index (κ2) is 6.31. The number of H-pyrrole nitrogens is 1. The number of ether oxygens (including phenoxy) is 1. The monoisotopic (exact) mass is 442 g/mol. The van der Waals surface area contributed by atoms with Crippen molar-refractivity contribution in [3.63, 3.8) is 0 Å². The molecule has 1 amide bonds. The van der Waals surface area contributed by atoms with Crippen LogP contribution in [0.15, 0.2) is 48.7 Å². The van der Waals surface area contributed by atoms with Gasteiger partial charge in [0, 0.05) is 35.1 Å². The number of benzene rings is 2. The van der Waals surface area contributed by atoms with Crippen molar-refractivity contribution < 1.29 is 19.0 Å². The third kappa shape index (κ3) is 2.63. The van der Waals surface area contributed by atoms with Gasteiger partial charge in [0.25, 0.3) is 0 Å². The van der Waals surface area contributed by atoms with Crippen molar-refractivity contribution in [2.24, 2.45) is 5.92 Å². The molecule has 7 nitrogen and oxygen atoms in total. The predicted molar refractivity (Wildman–Crippen MR) is 118 cm³/mol. The van der Waals surface area contributed by atoms with E-state index >= 15 is 0 Å². The lowest BCUT2D eigenvalue weighted by Gasteiger charge is -2.19. The van der Waals surface area contributed by atoms with Gasteiger partial charge in [0.05, 0.1) is 5.52 Å². The third-order valence-electron chi connectivity index (χ3n) is 7.25. The number of hydrogen-bond acceptors (Lipinski definition) is 5. The molecule has 4 aromatic rings. The molecule has 1 aliphatic heterocycles. The Labute approximate surface area is 187 Å². The maximum atomic E-state index is 14.1. The van der Waals surface area contributed by atoms with Gasteiger partial charge in [-0.15, -0.1) is 0 Å². The van der Waals surface area contributed by atoms with E-state index in [0.29, 0.717) is 47.1 Å². The topological polar surface area (TPSA) is 100 Å². The Morgan fingerprint density at radius 3 is 2.94 bits per heavy atom. The molecule has 3 unspecified atom stereocenters. The number of nitrogens with one attached hydrogen (secondary N) is 2. The van der Waals surface area contributed by atoms with Gasteiger partial charge in [0.15, 0.2) is 5.82 Å². The van der Waals surface area contributed by atoms with E-state index in [4.69, 9.17) is 4.74 Å². The van der Waals surface area contributed by atoms with E-state index < -0.39 is 0 Å². The van der Waals surface area contributed by atoms with E-state index in [0.717, 1.165) is 23.4 Å². The zero-order chi connectivity index (χ0) is 22.3. The Hall–Kier alpha value is -3.94. The number of rotatable bonds is 4. The summed E-state index contributed by atoms with van der Waals surface area (Å²) in [6, 6.07) is 11.9. The second-order valence-corrected chi connectivity index (χ2v) is 9.06. The van der Waals surface area contributed by atoms with Gasteiger partial charge >= 0.3 is 0 Å². The number of aromatic nitrogens is 3. The lowest BCUT2D eigenvalue weighted by molar-refractivity contribution is -0.116. The Bertz CT molecular complexity index is 1480. The normalized spacial score (nSPS) is 24.7. The van der Waals surface area contributed by atoms with Gasteiger partial charge < -0.3 is 20.1 Å². The van der Waals surface area contributed by atoms with Gasteiger partial charge in [0.2, 0.25) is 5.91 Å². The van der Waals surface area contributed by atoms with Crippen molar-refractivity contribution in [3.05, 3.63) is 71.4 Å². The number of phenols is 1. The van der Waals surface area contributed by atoms with Crippen molar-refractivity contribution in [2.75, 3.05) is 5.32 Å². The quantitative estimate of drug-likeness (QED) is 0.431. The highest BCUT2D eigenvalue weighted by molar-refractivity contribution is 5.93. The number of aromatic amines is 1. The van der Waals surface area contributed by atoms with Crippen LogP contribution in [0.3, 0.4) is 0 Å². The largest absolute Gasteiger partial charge is 0.508 e. The van der Waals surface area contributed by atoms with Gasteiger partial charge in [-0.3, -0.25) is 4.79 Å². The molecule has 3 atom stereocenters. The first kappa shape index (κ1) is 18.6. The van der Waals surface area contributed by atoms with Crippen LogP contribution in [0.4, 0.5) is 10.2 Å². The second-order valence-electron chi connectivity index (χ2n) is 9.06. The zero-order valence-electron chi connectivity index (χ0n) is 17.4. The van der Waals surface area contributed by atoms with Crippen molar-refractivity contribution in [2.45, 2.75) is 30.6 Å². The zero-order valence-corrected chi connectivity index (χ0v) is 17.4. The average molecular weight is 442 g/mol.